The van der Waals surface area contributed by atoms with Crippen LogP contribution in [-0.4, -0.2) is 10.5 Å². The van der Waals surface area contributed by atoms with E-state index in [-0.39, 0.29) is 18.0 Å². The Labute approximate surface area is 127 Å². The first kappa shape index (κ1) is 13.9. The number of benzene rings is 2. The SMILES string of the molecule is Nc1ccc(=O)n(CC(=O)Nc2cccc3ccccc23)c1. The first-order valence-corrected chi connectivity index (χ1v) is 6.87. The first-order valence-electron chi connectivity index (χ1n) is 6.87. The Morgan fingerprint density at radius 3 is 2.68 bits per heavy atom. The molecule has 3 aromatic rings. The zero-order chi connectivity index (χ0) is 15.5. The van der Waals surface area contributed by atoms with Crippen LogP contribution in [0.3, 0.4) is 0 Å². The number of nitrogens with zero attached hydrogens (tertiary/aromatic N) is 1. The van der Waals surface area contributed by atoms with Gasteiger partial charge in [0.1, 0.15) is 6.54 Å². The van der Waals surface area contributed by atoms with E-state index in [0.717, 1.165) is 16.5 Å². The molecule has 1 aromatic heterocycles. The maximum Gasteiger partial charge on any atom is 0.251 e. The van der Waals surface area contributed by atoms with E-state index < -0.39 is 0 Å². The van der Waals surface area contributed by atoms with E-state index in [1.165, 1.54) is 22.9 Å². The van der Waals surface area contributed by atoms with Gasteiger partial charge in [-0.3, -0.25) is 9.59 Å². The zero-order valence-corrected chi connectivity index (χ0v) is 11.8. The van der Waals surface area contributed by atoms with Gasteiger partial charge in [-0.2, -0.15) is 0 Å². The molecule has 22 heavy (non-hydrogen) atoms. The molecule has 5 nitrogen and oxygen atoms in total. The number of nitrogens with one attached hydrogen (secondary N) is 1. The molecule has 0 radical (unpaired) electrons. The second kappa shape index (κ2) is 5.73. The molecule has 0 spiro atoms. The highest BCUT2D eigenvalue weighted by Gasteiger charge is 2.07. The lowest BCUT2D eigenvalue weighted by atomic mass is 10.1. The molecule has 0 aliphatic rings. The number of fused-ring (bicyclic) bond motifs is 1. The van der Waals surface area contributed by atoms with Crippen LogP contribution in [0, 0.1) is 0 Å². The quantitative estimate of drug-likeness (QED) is 0.777. The Hall–Kier alpha value is -3.08. The fourth-order valence-corrected chi connectivity index (χ4v) is 2.35. The third-order valence-electron chi connectivity index (χ3n) is 3.38. The number of anilines is 2. The Kier molecular flexibility index (Phi) is 3.62. The Morgan fingerprint density at radius 1 is 1.05 bits per heavy atom. The molecule has 110 valence electrons. The van der Waals surface area contributed by atoms with Gasteiger partial charge >= 0.3 is 0 Å². The van der Waals surface area contributed by atoms with Gasteiger partial charge in [-0.15, -0.1) is 0 Å². The van der Waals surface area contributed by atoms with E-state index >= 15 is 0 Å². The minimum atomic E-state index is -0.274. The summed E-state index contributed by atoms with van der Waals surface area (Å²) in [4.78, 5) is 23.9. The number of hydrogen-bond donors (Lipinski definition) is 2. The Morgan fingerprint density at radius 2 is 1.82 bits per heavy atom. The second-order valence-electron chi connectivity index (χ2n) is 5.00. The van der Waals surface area contributed by atoms with Crippen molar-refractivity contribution in [1.82, 2.24) is 4.57 Å². The van der Waals surface area contributed by atoms with Gasteiger partial charge < -0.3 is 15.6 Å². The summed E-state index contributed by atoms with van der Waals surface area (Å²) in [5, 5.41) is 4.84. The number of nitrogen functional groups attached to an aromatic ring is 1. The molecule has 3 N–H and O–H groups in total. The van der Waals surface area contributed by atoms with Gasteiger partial charge in [0.15, 0.2) is 0 Å². The monoisotopic (exact) mass is 293 g/mol. The average Bonchev–Trinajstić information content (AvgIpc) is 2.51. The molecule has 0 saturated carbocycles. The predicted octanol–water partition coefficient (Wildman–Crippen LogP) is 2.22. The van der Waals surface area contributed by atoms with Crippen molar-refractivity contribution in [1.29, 1.82) is 0 Å². The van der Waals surface area contributed by atoms with E-state index in [1.54, 1.807) is 0 Å². The molecular formula is C17H15N3O2. The normalized spacial score (nSPS) is 10.5. The van der Waals surface area contributed by atoms with Gasteiger partial charge in [0, 0.05) is 29.0 Å². The van der Waals surface area contributed by atoms with Crippen molar-refractivity contribution in [2.75, 3.05) is 11.1 Å². The summed E-state index contributed by atoms with van der Waals surface area (Å²) in [6, 6.07) is 16.3. The number of aromatic nitrogens is 1. The smallest absolute Gasteiger partial charge is 0.251 e. The summed E-state index contributed by atoms with van der Waals surface area (Å²) in [6.45, 7) is -0.0763. The fourth-order valence-electron chi connectivity index (χ4n) is 2.35. The second-order valence-corrected chi connectivity index (χ2v) is 5.00. The third-order valence-corrected chi connectivity index (χ3v) is 3.38. The molecule has 0 saturated heterocycles. The van der Waals surface area contributed by atoms with Crippen molar-refractivity contribution >= 4 is 28.1 Å². The summed E-state index contributed by atoms with van der Waals surface area (Å²) in [6.07, 6.45) is 1.46. The lowest BCUT2D eigenvalue weighted by Crippen LogP contribution is -2.27. The van der Waals surface area contributed by atoms with Crippen LogP contribution in [0.5, 0.6) is 0 Å². The van der Waals surface area contributed by atoms with Crippen LogP contribution >= 0.6 is 0 Å². The summed E-state index contributed by atoms with van der Waals surface area (Å²) < 4.78 is 1.29. The highest BCUT2D eigenvalue weighted by atomic mass is 16.2. The fraction of sp³-hybridized carbons (Fsp3) is 0.0588. The standard InChI is InChI=1S/C17H15N3O2/c18-13-8-9-17(22)20(10-13)11-16(21)19-15-7-3-5-12-4-1-2-6-14(12)15/h1-10H,11,18H2,(H,19,21). The molecule has 0 atom stereocenters. The molecule has 1 heterocycles. The van der Waals surface area contributed by atoms with Crippen LogP contribution in [0.25, 0.3) is 10.8 Å². The Balaban J connectivity index is 1.84. The third kappa shape index (κ3) is 2.83. The maximum absolute atomic E-state index is 12.2. The molecule has 5 heteroatoms. The van der Waals surface area contributed by atoms with Crippen molar-refractivity contribution in [3.63, 3.8) is 0 Å². The summed E-state index contributed by atoms with van der Waals surface area (Å²) in [5.74, 6) is -0.274. The van der Waals surface area contributed by atoms with Crippen molar-refractivity contribution in [3.8, 4) is 0 Å². The maximum atomic E-state index is 12.2. The van der Waals surface area contributed by atoms with Crippen molar-refractivity contribution in [2.45, 2.75) is 6.54 Å². The van der Waals surface area contributed by atoms with Gasteiger partial charge in [-0.1, -0.05) is 36.4 Å². The topological polar surface area (TPSA) is 77.1 Å². The molecular weight excluding hydrogens is 278 g/mol. The van der Waals surface area contributed by atoms with Crippen molar-refractivity contribution < 1.29 is 4.79 Å². The van der Waals surface area contributed by atoms with Crippen LogP contribution in [0.15, 0.2) is 65.6 Å². The number of nitrogens with two attached hydrogens (primary N) is 1. The van der Waals surface area contributed by atoms with Crippen molar-refractivity contribution in [2.24, 2.45) is 0 Å². The highest BCUT2D eigenvalue weighted by Crippen LogP contribution is 2.22. The lowest BCUT2D eigenvalue weighted by Gasteiger charge is -2.10. The number of carbonyl (C=O) groups is 1. The largest absolute Gasteiger partial charge is 0.398 e. The van der Waals surface area contributed by atoms with Crippen LogP contribution in [0.4, 0.5) is 11.4 Å². The van der Waals surface area contributed by atoms with E-state index in [9.17, 15) is 9.59 Å². The number of amides is 1. The number of carbonyl (C=O) groups excluding carboxylic acids is 1. The molecule has 0 aliphatic heterocycles. The van der Waals surface area contributed by atoms with Gasteiger partial charge in [-0.05, 0) is 17.5 Å². The minimum Gasteiger partial charge on any atom is -0.398 e. The summed E-state index contributed by atoms with van der Waals surface area (Å²) in [5.41, 5.74) is 6.54. The van der Waals surface area contributed by atoms with E-state index in [0.29, 0.717) is 5.69 Å². The molecule has 0 bridgehead atoms. The molecule has 1 amide bonds. The van der Waals surface area contributed by atoms with E-state index in [1.807, 2.05) is 42.5 Å². The van der Waals surface area contributed by atoms with Crippen LogP contribution in [-0.2, 0) is 11.3 Å². The highest BCUT2D eigenvalue weighted by molar-refractivity contribution is 6.02. The number of hydrogen-bond acceptors (Lipinski definition) is 3. The minimum absolute atomic E-state index is 0.0763. The average molecular weight is 293 g/mol. The van der Waals surface area contributed by atoms with Crippen LogP contribution in [0.1, 0.15) is 0 Å². The summed E-state index contributed by atoms with van der Waals surface area (Å²) in [7, 11) is 0. The molecule has 2 aromatic carbocycles. The first-order chi connectivity index (χ1) is 10.6. The van der Waals surface area contributed by atoms with Gasteiger partial charge in [0.25, 0.3) is 5.56 Å². The zero-order valence-electron chi connectivity index (χ0n) is 11.8. The number of rotatable bonds is 3. The van der Waals surface area contributed by atoms with Gasteiger partial charge in [0.2, 0.25) is 5.91 Å². The lowest BCUT2D eigenvalue weighted by molar-refractivity contribution is -0.116. The van der Waals surface area contributed by atoms with Crippen molar-refractivity contribution in [3.05, 3.63) is 71.1 Å². The van der Waals surface area contributed by atoms with E-state index in [4.69, 9.17) is 5.73 Å². The number of pyridine rings is 1. The van der Waals surface area contributed by atoms with E-state index in [2.05, 4.69) is 5.32 Å². The molecule has 3 rings (SSSR count). The van der Waals surface area contributed by atoms with Crippen LogP contribution in [0.2, 0.25) is 0 Å². The Bertz CT molecular complexity index is 894. The van der Waals surface area contributed by atoms with Gasteiger partial charge in [-0.25, -0.2) is 0 Å². The predicted molar refractivity (Wildman–Crippen MR) is 87.7 cm³/mol. The molecule has 0 aliphatic carbocycles. The van der Waals surface area contributed by atoms with Gasteiger partial charge in [0.05, 0.1) is 0 Å². The molecule has 0 unspecified atom stereocenters. The molecule has 0 fully saturated rings. The van der Waals surface area contributed by atoms with Crippen LogP contribution < -0.4 is 16.6 Å². The summed E-state index contributed by atoms with van der Waals surface area (Å²) >= 11 is 0.